The summed E-state index contributed by atoms with van der Waals surface area (Å²) in [5.74, 6) is 2.05. The van der Waals surface area contributed by atoms with Gasteiger partial charge in [-0.1, -0.05) is 6.92 Å². The van der Waals surface area contributed by atoms with Crippen molar-refractivity contribution in [1.82, 2.24) is 15.3 Å². The van der Waals surface area contributed by atoms with Crippen LogP contribution < -0.4 is 15.5 Å². The van der Waals surface area contributed by atoms with Gasteiger partial charge in [0.1, 0.15) is 18.0 Å². The lowest BCUT2D eigenvalue weighted by Crippen LogP contribution is -2.43. The smallest absolute Gasteiger partial charge is 0.224 e. The van der Waals surface area contributed by atoms with Crippen molar-refractivity contribution in [2.45, 2.75) is 33.1 Å². The lowest BCUT2D eigenvalue weighted by Gasteiger charge is -2.34. The van der Waals surface area contributed by atoms with Crippen LogP contribution in [0, 0.1) is 5.92 Å². The number of hydrogen-bond donors (Lipinski definition) is 2. The molecular formula is C15H25N5O. The molecule has 2 heterocycles. The monoisotopic (exact) mass is 291 g/mol. The quantitative estimate of drug-likeness (QED) is 0.859. The van der Waals surface area contributed by atoms with Crippen LogP contribution >= 0.6 is 0 Å². The van der Waals surface area contributed by atoms with Gasteiger partial charge in [-0.15, -0.1) is 0 Å². The predicted molar refractivity (Wildman–Crippen MR) is 84.6 cm³/mol. The molecule has 6 nitrogen and oxygen atoms in total. The fourth-order valence-corrected chi connectivity index (χ4v) is 2.91. The van der Waals surface area contributed by atoms with Crippen molar-refractivity contribution in [1.29, 1.82) is 0 Å². The summed E-state index contributed by atoms with van der Waals surface area (Å²) >= 11 is 0. The largest absolute Gasteiger partial charge is 0.370 e. The van der Waals surface area contributed by atoms with Crippen LogP contribution in [0.2, 0.25) is 0 Å². The zero-order valence-corrected chi connectivity index (χ0v) is 13.1. The first-order valence-corrected chi connectivity index (χ1v) is 7.75. The Morgan fingerprint density at radius 1 is 1.43 bits per heavy atom. The van der Waals surface area contributed by atoms with Crippen molar-refractivity contribution >= 4 is 17.5 Å². The van der Waals surface area contributed by atoms with Crippen LogP contribution in [0.5, 0.6) is 0 Å². The number of carbonyl (C=O) groups is 1. The first-order chi connectivity index (χ1) is 10.2. The lowest BCUT2D eigenvalue weighted by atomic mass is 9.96. The molecule has 6 heteroatoms. The molecule has 1 aromatic rings. The first-order valence-electron chi connectivity index (χ1n) is 7.75. The van der Waals surface area contributed by atoms with Gasteiger partial charge in [-0.05, 0) is 26.2 Å². The Morgan fingerprint density at radius 3 is 2.90 bits per heavy atom. The fourth-order valence-electron chi connectivity index (χ4n) is 2.91. The van der Waals surface area contributed by atoms with E-state index in [9.17, 15) is 4.79 Å². The van der Waals surface area contributed by atoms with E-state index in [1.807, 2.05) is 0 Å². The summed E-state index contributed by atoms with van der Waals surface area (Å²) in [5, 5.41) is 6.05. The van der Waals surface area contributed by atoms with Crippen LogP contribution in [0.1, 0.15) is 32.3 Å². The molecule has 0 spiro atoms. The van der Waals surface area contributed by atoms with Crippen molar-refractivity contribution in [2.24, 2.45) is 5.92 Å². The van der Waals surface area contributed by atoms with Crippen molar-refractivity contribution in [3.63, 3.8) is 0 Å². The van der Waals surface area contributed by atoms with Crippen molar-refractivity contribution in [3.05, 3.63) is 11.9 Å². The summed E-state index contributed by atoms with van der Waals surface area (Å²) < 4.78 is 0. The number of hydrogen-bond acceptors (Lipinski definition) is 5. The van der Waals surface area contributed by atoms with Crippen LogP contribution in [0.3, 0.4) is 0 Å². The average Bonchev–Trinajstić information content (AvgIpc) is 2.54. The SMILES string of the molecule is CCNc1ncnc(N2CCCC(C(=O)NC)C2)c1CC. The third-order valence-corrected chi connectivity index (χ3v) is 3.96. The van der Waals surface area contributed by atoms with Gasteiger partial charge in [-0.3, -0.25) is 4.79 Å². The van der Waals surface area contributed by atoms with Gasteiger partial charge in [-0.25, -0.2) is 9.97 Å². The molecular weight excluding hydrogens is 266 g/mol. The first kappa shape index (κ1) is 15.5. The molecule has 1 amide bonds. The third kappa shape index (κ3) is 3.43. The molecule has 0 saturated carbocycles. The van der Waals surface area contributed by atoms with E-state index < -0.39 is 0 Å². The Labute approximate surface area is 126 Å². The molecule has 0 bridgehead atoms. The van der Waals surface area contributed by atoms with E-state index in [2.05, 4.69) is 39.3 Å². The number of aromatic nitrogens is 2. The molecule has 1 unspecified atom stereocenters. The van der Waals surface area contributed by atoms with Crippen molar-refractivity contribution < 1.29 is 4.79 Å². The maximum absolute atomic E-state index is 11.9. The Kier molecular flexibility index (Phi) is 5.36. The van der Waals surface area contributed by atoms with Gasteiger partial charge in [0.05, 0.1) is 5.92 Å². The van der Waals surface area contributed by atoms with E-state index in [1.165, 1.54) is 0 Å². The van der Waals surface area contributed by atoms with E-state index >= 15 is 0 Å². The summed E-state index contributed by atoms with van der Waals surface area (Å²) in [5.41, 5.74) is 1.14. The number of rotatable bonds is 5. The molecule has 1 aromatic heterocycles. The molecule has 2 rings (SSSR count). The summed E-state index contributed by atoms with van der Waals surface area (Å²) in [4.78, 5) is 22.9. The van der Waals surface area contributed by atoms with Crippen LogP contribution in [-0.2, 0) is 11.2 Å². The Bertz CT molecular complexity index is 491. The van der Waals surface area contributed by atoms with E-state index in [0.29, 0.717) is 0 Å². The number of carbonyl (C=O) groups excluding carboxylic acids is 1. The number of amides is 1. The van der Waals surface area contributed by atoms with E-state index in [0.717, 1.165) is 56.1 Å². The summed E-state index contributed by atoms with van der Waals surface area (Å²) in [6, 6.07) is 0. The lowest BCUT2D eigenvalue weighted by molar-refractivity contribution is -0.124. The minimum absolute atomic E-state index is 0.0472. The van der Waals surface area contributed by atoms with E-state index in [1.54, 1.807) is 13.4 Å². The summed E-state index contributed by atoms with van der Waals surface area (Å²) in [7, 11) is 1.70. The highest BCUT2D eigenvalue weighted by molar-refractivity contribution is 5.79. The molecule has 0 radical (unpaired) electrons. The van der Waals surface area contributed by atoms with Gasteiger partial charge in [0.15, 0.2) is 0 Å². The molecule has 116 valence electrons. The van der Waals surface area contributed by atoms with Crippen molar-refractivity contribution in [2.75, 3.05) is 36.9 Å². The Balaban J connectivity index is 2.24. The highest BCUT2D eigenvalue weighted by Crippen LogP contribution is 2.28. The standard InChI is InChI=1S/C15H25N5O/c1-4-12-13(17-5-2)18-10-19-14(12)20-8-6-7-11(9-20)15(21)16-3/h10-11H,4-9H2,1-3H3,(H,16,21)(H,17,18,19). The topological polar surface area (TPSA) is 70.2 Å². The van der Waals surface area contributed by atoms with Crippen LogP contribution in [0.4, 0.5) is 11.6 Å². The van der Waals surface area contributed by atoms with Crippen LogP contribution in [0.15, 0.2) is 6.33 Å². The van der Waals surface area contributed by atoms with Gasteiger partial charge >= 0.3 is 0 Å². The molecule has 21 heavy (non-hydrogen) atoms. The highest BCUT2D eigenvalue weighted by Gasteiger charge is 2.27. The molecule has 2 N–H and O–H groups in total. The van der Waals surface area contributed by atoms with Gasteiger partial charge in [0, 0.05) is 32.2 Å². The molecule has 0 aromatic carbocycles. The Morgan fingerprint density at radius 2 is 2.24 bits per heavy atom. The molecule has 1 saturated heterocycles. The third-order valence-electron chi connectivity index (χ3n) is 3.96. The molecule has 1 atom stereocenters. The Hall–Kier alpha value is -1.85. The minimum atomic E-state index is 0.0472. The highest BCUT2D eigenvalue weighted by atomic mass is 16.1. The second-order valence-electron chi connectivity index (χ2n) is 5.31. The number of nitrogens with zero attached hydrogens (tertiary/aromatic N) is 3. The van der Waals surface area contributed by atoms with E-state index in [-0.39, 0.29) is 11.8 Å². The number of nitrogens with one attached hydrogen (secondary N) is 2. The van der Waals surface area contributed by atoms with Crippen LogP contribution in [0.25, 0.3) is 0 Å². The molecule has 1 aliphatic rings. The van der Waals surface area contributed by atoms with E-state index in [4.69, 9.17) is 0 Å². The van der Waals surface area contributed by atoms with Crippen LogP contribution in [-0.4, -0.2) is 42.6 Å². The van der Waals surface area contributed by atoms with Crippen molar-refractivity contribution in [3.8, 4) is 0 Å². The molecule has 1 aliphatic heterocycles. The molecule has 1 fully saturated rings. The van der Waals surface area contributed by atoms with Gasteiger partial charge in [0.25, 0.3) is 0 Å². The van der Waals surface area contributed by atoms with Gasteiger partial charge in [0.2, 0.25) is 5.91 Å². The second kappa shape index (κ2) is 7.24. The second-order valence-corrected chi connectivity index (χ2v) is 5.31. The zero-order chi connectivity index (χ0) is 15.2. The van der Waals surface area contributed by atoms with Gasteiger partial charge in [-0.2, -0.15) is 0 Å². The normalized spacial score (nSPS) is 18.4. The fraction of sp³-hybridized carbons (Fsp3) is 0.667. The predicted octanol–water partition coefficient (Wildman–Crippen LogP) is 1.43. The summed E-state index contributed by atoms with van der Waals surface area (Å²) in [6.07, 6.45) is 4.44. The number of anilines is 2. The maximum atomic E-state index is 11.9. The zero-order valence-electron chi connectivity index (χ0n) is 13.1. The average molecular weight is 291 g/mol. The number of piperidine rings is 1. The molecule has 0 aliphatic carbocycles. The maximum Gasteiger partial charge on any atom is 0.224 e. The minimum Gasteiger partial charge on any atom is -0.370 e. The summed E-state index contributed by atoms with van der Waals surface area (Å²) in [6.45, 7) is 6.69. The van der Waals surface area contributed by atoms with Gasteiger partial charge < -0.3 is 15.5 Å².